The van der Waals surface area contributed by atoms with Crippen molar-refractivity contribution in [2.75, 3.05) is 30.7 Å². The standard InChI is InChI=1S/C12H16N4O/c1-7-2-3-8(13)11-10(7)16-6-9(17-11)12-14-4-5-15-12/h2-3,9,16H,4-6,13H2,1H3,(H,14,15). The van der Waals surface area contributed by atoms with E-state index in [9.17, 15) is 0 Å². The lowest BCUT2D eigenvalue weighted by molar-refractivity contribution is 0.268. The predicted octanol–water partition coefficient (Wildman–Crippen LogP) is 0.752. The molecule has 1 atom stereocenters. The van der Waals surface area contributed by atoms with Crippen molar-refractivity contribution in [3.05, 3.63) is 17.7 Å². The SMILES string of the molecule is Cc1ccc(N)c2c1NCC(C1=NCCN1)O2. The molecule has 0 bridgehead atoms. The van der Waals surface area contributed by atoms with Gasteiger partial charge in [0.15, 0.2) is 11.9 Å². The summed E-state index contributed by atoms with van der Waals surface area (Å²) < 4.78 is 5.95. The van der Waals surface area contributed by atoms with Crippen LogP contribution >= 0.6 is 0 Å². The summed E-state index contributed by atoms with van der Waals surface area (Å²) in [6, 6.07) is 3.87. The highest BCUT2D eigenvalue weighted by molar-refractivity contribution is 5.90. The van der Waals surface area contributed by atoms with Gasteiger partial charge in [-0.2, -0.15) is 0 Å². The monoisotopic (exact) mass is 232 g/mol. The summed E-state index contributed by atoms with van der Waals surface area (Å²) in [6.45, 7) is 4.49. The van der Waals surface area contributed by atoms with E-state index in [4.69, 9.17) is 10.5 Å². The molecule has 0 amide bonds. The molecule has 0 saturated carbocycles. The van der Waals surface area contributed by atoms with E-state index in [1.165, 1.54) is 0 Å². The van der Waals surface area contributed by atoms with Crippen molar-refractivity contribution >= 4 is 17.2 Å². The van der Waals surface area contributed by atoms with Crippen LogP contribution in [-0.2, 0) is 0 Å². The smallest absolute Gasteiger partial charge is 0.172 e. The fraction of sp³-hybridized carbons (Fsp3) is 0.417. The zero-order chi connectivity index (χ0) is 11.8. The van der Waals surface area contributed by atoms with E-state index in [0.717, 1.165) is 42.5 Å². The Morgan fingerprint density at radius 1 is 1.41 bits per heavy atom. The Morgan fingerprint density at radius 3 is 3.06 bits per heavy atom. The zero-order valence-electron chi connectivity index (χ0n) is 9.79. The molecular weight excluding hydrogens is 216 g/mol. The van der Waals surface area contributed by atoms with Crippen molar-refractivity contribution in [1.82, 2.24) is 5.32 Å². The molecule has 90 valence electrons. The minimum Gasteiger partial charge on any atom is -0.476 e. The first-order chi connectivity index (χ1) is 8.25. The maximum Gasteiger partial charge on any atom is 0.172 e. The zero-order valence-corrected chi connectivity index (χ0v) is 9.79. The number of anilines is 2. The van der Waals surface area contributed by atoms with Crippen LogP contribution in [0.3, 0.4) is 0 Å². The summed E-state index contributed by atoms with van der Waals surface area (Å²) in [7, 11) is 0. The number of nitrogen functional groups attached to an aromatic ring is 1. The maximum atomic E-state index is 5.95. The quantitative estimate of drug-likeness (QED) is 0.625. The third-order valence-electron chi connectivity index (χ3n) is 3.13. The third-order valence-corrected chi connectivity index (χ3v) is 3.13. The summed E-state index contributed by atoms with van der Waals surface area (Å²) in [5.74, 6) is 1.67. The van der Waals surface area contributed by atoms with Gasteiger partial charge < -0.3 is 21.1 Å². The first kappa shape index (κ1) is 10.3. The van der Waals surface area contributed by atoms with Gasteiger partial charge in [0.25, 0.3) is 0 Å². The lowest BCUT2D eigenvalue weighted by Crippen LogP contribution is -2.43. The minimum absolute atomic E-state index is 0.0610. The van der Waals surface area contributed by atoms with Gasteiger partial charge in [0.05, 0.1) is 24.5 Å². The van der Waals surface area contributed by atoms with Gasteiger partial charge in [-0.05, 0) is 18.6 Å². The summed E-state index contributed by atoms with van der Waals surface area (Å²) in [5.41, 5.74) is 8.76. The fourth-order valence-corrected chi connectivity index (χ4v) is 2.21. The van der Waals surface area contributed by atoms with Gasteiger partial charge in [-0.15, -0.1) is 0 Å². The van der Waals surface area contributed by atoms with Crippen molar-refractivity contribution in [1.29, 1.82) is 0 Å². The van der Waals surface area contributed by atoms with Crippen LogP contribution in [0.5, 0.6) is 5.75 Å². The highest BCUT2D eigenvalue weighted by Crippen LogP contribution is 2.37. The fourth-order valence-electron chi connectivity index (χ4n) is 2.21. The summed E-state index contributed by atoms with van der Waals surface area (Å²) in [4.78, 5) is 4.38. The van der Waals surface area contributed by atoms with Crippen molar-refractivity contribution in [3.63, 3.8) is 0 Å². The Balaban J connectivity index is 1.92. The maximum absolute atomic E-state index is 5.95. The molecule has 2 aliphatic heterocycles. The molecule has 4 N–H and O–H groups in total. The Labute approximate surface area is 100 Å². The highest BCUT2D eigenvalue weighted by Gasteiger charge is 2.27. The van der Waals surface area contributed by atoms with E-state index < -0.39 is 0 Å². The molecule has 2 heterocycles. The molecule has 0 saturated heterocycles. The lowest BCUT2D eigenvalue weighted by atomic mass is 10.1. The molecule has 0 fully saturated rings. The largest absolute Gasteiger partial charge is 0.476 e. The molecule has 1 aromatic rings. The van der Waals surface area contributed by atoms with Gasteiger partial charge in [0.2, 0.25) is 0 Å². The average molecular weight is 232 g/mol. The summed E-state index contributed by atoms with van der Waals surface area (Å²) >= 11 is 0. The van der Waals surface area contributed by atoms with Crippen LogP contribution < -0.4 is 21.1 Å². The number of rotatable bonds is 1. The first-order valence-corrected chi connectivity index (χ1v) is 5.83. The molecule has 0 aliphatic carbocycles. The molecular formula is C12H16N4O. The summed E-state index contributed by atoms with van der Waals surface area (Å²) in [5, 5.41) is 6.61. The van der Waals surface area contributed by atoms with Crippen LogP contribution in [0.1, 0.15) is 5.56 Å². The third kappa shape index (κ3) is 1.67. The average Bonchev–Trinajstić information content (AvgIpc) is 2.87. The Bertz CT molecular complexity index is 484. The molecule has 1 aromatic carbocycles. The van der Waals surface area contributed by atoms with Crippen molar-refractivity contribution in [3.8, 4) is 5.75 Å². The van der Waals surface area contributed by atoms with Crippen LogP contribution in [0.25, 0.3) is 0 Å². The molecule has 3 rings (SSSR count). The number of nitrogens with one attached hydrogen (secondary N) is 2. The molecule has 2 aliphatic rings. The molecule has 1 unspecified atom stereocenters. The minimum atomic E-state index is -0.0610. The summed E-state index contributed by atoms with van der Waals surface area (Å²) in [6.07, 6.45) is -0.0610. The second kappa shape index (κ2) is 3.84. The number of amidine groups is 1. The number of aryl methyl sites for hydroxylation is 1. The highest BCUT2D eigenvalue weighted by atomic mass is 16.5. The van der Waals surface area contributed by atoms with Gasteiger partial charge >= 0.3 is 0 Å². The van der Waals surface area contributed by atoms with E-state index >= 15 is 0 Å². The number of benzene rings is 1. The Hall–Kier alpha value is -1.91. The van der Waals surface area contributed by atoms with Crippen molar-refractivity contribution < 1.29 is 4.74 Å². The Kier molecular flexibility index (Phi) is 2.31. The van der Waals surface area contributed by atoms with Crippen molar-refractivity contribution in [2.45, 2.75) is 13.0 Å². The van der Waals surface area contributed by atoms with E-state index in [2.05, 4.69) is 15.6 Å². The van der Waals surface area contributed by atoms with Crippen LogP contribution in [-0.4, -0.2) is 31.6 Å². The number of hydrogen-bond donors (Lipinski definition) is 3. The van der Waals surface area contributed by atoms with Gasteiger partial charge in [-0.25, -0.2) is 0 Å². The molecule has 0 aromatic heterocycles. The number of hydrogen-bond acceptors (Lipinski definition) is 5. The van der Waals surface area contributed by atoms with Gasteiger partial charge in [0, 0.05) is 6.54 Å². The van der Waals surface area contributed by atoms with Gasteiger partial charge in [-0.3, -0.25) is 4.99 Å². The van der Waals surface area contributed by atoms with E-state index in [-0.39, 0.29) is 6.10 Å². The Morgan fingerprint density at radius 2 is 2.29 bits per heavy atom. The first-order valence-electron chi connectivity index (χ1n) is 5.83. The molecule has 0 radical (unpaired) electrons. The normalized spacial score (nSPS) is 21.9. The van der Waals surface area contributed by atoms with Crippen LogP contribution in [0.15, 0.2) is 17.1 Å². The molecule has 5 heteroatoms. The van der Waals surface area contributed by atoms with Crippen LogP contribution in [0, 0.1) is 6.92 Å². The predicted molar refractivity (Wildman–Crippen MR) is 68.8 cm³/mol. The molecule has 0 spiro atoms. The number of nitrogens with zero attached hydrogens (tertiary/aromatic N) is 1. The van der Waals surface area contributed by atoms with Crippen LogP contribution in [0.4, 0.5) is 11.4 Å². The second-order valence-electron chi connectivity index (χ2n) is 4.36. The van der Waals surface area contributed by atoms with E-state index in [1.54, 1.807) is 0 Å². The number of fused-ring (bicyclic) bond motifs is 1. The van der Waals surface area contributed by atoms with Crippen LogP contribution in [0.2, 0.25) is 0 Å². The lowest BCUT2D eigenvalue weighted by Gasteiger charge is -2.29. The van der Waals surface area contributed by atoms with E-state index in [1.807, 2.05) is 19.1 Å². The topological polar surface area (TPSA) is 71.7 Å². The molecule has 5 nitrogen and oxygen atoms in total. The van der Waals surface area contributed by atoms with Gasteiger partial charge in [0.1, 0.15) is 5.84 Å². The number of nitrogens with two attached hydrogens (primary N) is 1. The van der Waals surface area contributed by atoms with E-state index in [0.29, 0.717) is 5.69 Å². The molecule has 17 heavy (non-hydrogen) atoms. The van der Waals surface area contributed by atoms with Crippen molar-refractivity contribution in [2.24, 2.45) is 4.99 Å². The van der Waals surface area contributed by atoms with Gasteiger partial charge in [-0.1, -0.05) is 6.07 Å². The second-order valence-corrected chi connectivity index (χ2v) is 4.36. The number of ether oxygens (including phenoxy) is 1. The number of aliphatic imine (C=N–C) groups is 1.